The number of aromatic nitrogens is 2. The molecule has 0 fully saturated rings. The number of hydrogen-bond donors (Lipinski definition) is 0. The molecule has 0 atom stereocenters. The Morgan fingerprint density at radius 2 is 2.40 bits per heavy atom. The predicted molar refractivity (Wildman–Crippen MR) is 54.8 cm³/mol. The molecular formula is C11H12N2O2. The van der Waals surface area contributed by atoms with Gasteiger partial charge in [-0.3, -0.25) is 9.48 Å². The number of rotatable bonds is 3. The molecule has 15 heavy (non-hydrogen) atoms. The van der Waals surface area contributed by atoms with E-state index in [1.165, 1.54) is 12.5 Å². The molecule has 0 radical (unpaired) electrons. The Hall–Kier alpha value is -1.84. The van der Waals surface area contributed by atoms with Gasteiger partial charge in [0.2, 0.25) is 5.78 Å². The van der Waals surface area contributed by atoms with E-state index in [-0.39, 0.29) is 5.78 Å². The molecular weight excluding hydrogens is 192 g/mol. The second-order valence-corrected chi connectivity index (χ2v) is 3.33. The van der Waals surface area contributed by atoms with Crippen molar-refractivity contribution in [3.63, 3.8) is 0 Å². The second-order valence-electron chi connectivity index (χ2n) is 3.33. The van der Waals surface area contributed by atoms with Gasteiger partial charge in [-0.15, -0.1) is 0 Å². The Morgan fingerprint density at radius 1 is 1.60 bits per heavy atom. The van der Waals surface area contributed by atoms with Crippen LogP contribution in [0.1, 0.15) is 28.7 Å². The normalized spacial score (nSPS) is 10.5. The molecule has 2 aromatic rings. The molecule has 0 spiro atoms. The van der Waals surface area contributed by atoms with Crippen LogP contribution in [0.2, 0.25) is 0 Å². The summed E-state index contributed by atoms with van der Waals surface area (Å²) in [6, 6.07) is 3.45. The summed E-state index contributed by atoms with van der Waals surface area (Å²) in [5.74, 6) is -0.0498. The zero-order valence-electron chi connectivity index (χ0n) is 8.73. The fourth-order valence-corrected chi connectivity index (χ4v) is 1.51. The highest BCUT2D eigenvalue weighted by Gasteiger charge is 2.15. The monoisotopic (exact) mass is 204 g/mol. The summed E-state index contributed by atoms with van der Waals surface area (Å²) in [6.07, 6.45) is 2.94. The first-order valence-corrected chi connectivity index (χ1v) is 4.83. The van der Waals surface area contributed by atoms with Gasteiger partial charge < -0.3 is 4.42 Å². The van der Waals surface area contributed by atoms with E-state index in [1.807, 2.05) is 13.8 Å². The summed E-state index contributed by atoms with van der Waals surface area (Å²) in [7, 11) is 0. The van der Waals surface area contributed by atoms with Crippen molar-refractivity contribution in [3.8, 4) is 0 Å². The molecule has 4 nitrogen and oxygen atoms in total. The van der Waals surface area contributed by atoms with Crippen LogP contribution in [0.5, 0.6) is 0 Å². The lowest BCUT2D eigenvalue weighted by molar-refractivity contribution is 0.102. The highest BCUT2D eigenvalue weighted by molar-refractivity contribution is 6.07. The van der Waals surface area contributed by atoms with Gasteiger partial charge in [0, 0.05) is 6.54 Å². The number of aryl methyl sites for hydroxylation is 2. The number of carbonyl (C=O) groups excluding carboxylic acids is 1. The van der Waals surface area contributed by atoms with Crippen LogP contribution >= 0.6 is 0 Å². The van der Waals surface area contributed by atoms with E-state index in [0.29, 0.717) is 17.8 Å². The molecule has 0 bridgehead atoms. The first kappa shape index (κ1) is 9.71. The van der Waals surface area contributed by atoms with Crippen LogP contribution in [0.4, 0.5) is 0 Å². The van der Waals surface area contributed by atoms with E-state index in [0.717, 1.165) is 5.69 Å². The molecule has 78 valence electrons. The summed E-state index contributed by atoms with van der Waals surface area (Å²) in [5.41, 5.74) is 2.02. The van der Waals surface area contributed by atoms with Gasteiger partial charge in [0.15, 0.2) is 0 Å². The second kappa shape index (κ2) is 3.73. The van der Waals surface area contributed by atoms with Crippen molar-refractivity contribution in [1.29, 1.82) is 0 Å². The van der Waals surface area contributed by atoms with Gasteiger partial charge >= 0.3 is 0 Å². The van der Waals surface area contributed by atoms with Crippen molar-refractivity contribution in [3.05, 3.63) is 41.6 Å². The van der Waals surface area contributed by atoms with E-state index >= 15 is 0 Å². The fraction of sp³-hybridized carbons (Fsp3) is 0.273. The Balaban J connectivity index is 2.41. The lowest BCUT2D eigenvalue weighted by atomic mass is 10.1. The highest BCUT2D eigenvalue weighted by Crippen LogP contribution is 2.11. The molecule has 0 saturated heterocycles. The van der Waals surface area contributed by atoms with Crippen molar-refractivity contribution >= 4 is 5.78 Å². The minimum Gasteiger partial charge on any atom is -0.472 e. The summed E-state index contributed by atoms with van der Waals surface area (Å²) in [4.78, 5) is 12.0. The van der Waals surface area contributed by atoms with Gasteiger partial charge in [-0.25, -0.2) is 0 Å². The quantitative estimate of drug-likeness (QED) is 0.719. The number of carbonyl (C=O) groups is 1. The minimum atomic E-state index is -0.0498. The fourth-order valence-electron chi connectivity index (χ4n) is 1.51. The summed E-state index contributed by atoms with van der Waals surface area (Å²) >= 11 is 0. The van der Waals surface area contributed by atoms with Gasteiger partial charge in [-0.2, -0.15) is 5.10 Å². The van der Waals surface area contributed by atoms with Crippen molar-refractivity contribution in [2.75, 3.05) is 0 Å². The number of furan rings is 1. The SMILES string of the molecule is CCn1nc(C)cc1C(=O)c1ccoc1. The predicted octanol–water partition coefficient (Wildman–Crippen LogP) is 2.04. The average molecular weight is 204 g/mol. The maximum Gasteiger partial charge on any atom is 0.214 e. The summed E-state index contributed by atoms with van der Waals surface area (Å²) in [6.45, 7) is 4.52. The molecule has 2 aromatic heterocycles. The van der Waals surface area contributed by atoms with Gasteiger partial charge in [-0.1, -0.05) is 0 Å². The molecule has 2 heterocycles. The van der Waals surface area contributed by atoms with E-state index in [1.54, 1.807) is 16.8 Å². The Bertz CT molecular complexity index is 469. The van der Waals surface area contributed by atoms with E-state index in [9.17, 15) is 4.79 Å². The molecule has 0 aliphatic carbocycles. The smallest absolute Gasteiger partial charge is 0.214 e. The number of hydrogen-bond acceptors (Lipinski definition) is 3. The molecule has 0 unspecified atom stereocenters. The minimum absolute atomic E-state index is 0.0498. The first-order chi connectivity index (χ1) is 7.22. The van der Waals surface area contributed by atoms with Gasteiger partial charge in [0.1, 0.15) is 12.0 Å². The van der Waals surface area contributed by atoms with Crippen LogP contribution in [0.25, 0.3) is 0 Å². The van der Waals surface area contributed by atoms with Crippen molar-refractivity contribution < 1.29 is 9.21 Å². The van der Waals surface area contributed by atoms with E-state index < -0.39 is 0 Å². The topological polar surface area (TPSA) is 48.0 Å². The third-order valence-electron chi connectivity index (χ3n) is 2.22. The van der Waals surface area contributed by atoms with Crippen LogP contribution in [-0.4, -0.2) is 15.6 Å². The van der Waals surface area contributed by atoms with E-state index in [4.69, 9.17) is 4.42 Å². The molecule has 0 amide bonds. The largest absolute Gasteiger partial charge is 0.472 e. The number of ketones is 1. The molecule has 0 aromatic carbocycles. The van der Waals surface area contributed by atoms with Crippen molar-refractivity contribution in [2.45, 2.75) is 20.4 Å². The van der Waals surface area contributed by atoms with Crippen LogP contribution in [0.3, 0.4) is 0 Å². The lowest BCUT2D eigenvalue weighted by Gasteiger charge is -2.00. The van der Waals surface area contributed by atoms with Gasteiger partial charge in [0.25, 0.3) is 0 Å². The summed E-state index contributed by atoms with van der Waals surface area (Å²) in [5, 5.41) is 4.23. The Morgan fingerprint density at radius 3 is 3.00 bits per heavy atom. The van der Waals surface area contributed by atoms with Crippen molar-refractivity contribution in [2.24, 2.45) is 0 Å². The van der Waals surface area contributed by atoms with Crippen LogP contribution in [-0.2, 0) is 6.54 Å². The van der Waals surface area contributed by atoms with Crippen molar-refractivity contribution in [1.82, 2.24) is 9.78 Å². The average Bonchev–Trinajstić information content (AvgIpc) is 2.84. The molecule has 4 heteroatoms. The third kappa shape index (κ3) is 1.70. The van der Waals surface area contributed by atoms with E-state index in [2.05, 4.69) is 5.10 Å². The third-order valence-corrected chi connectivity index (χ3v) is 2.22. The molecule has 0 N–H and O–H groups in total. The van der Waals surface area contributed by atoms with Crippen LogP contribution in [0.15, 0.2) is 29.1 Å². The highest BCUT2D eigenvalue weighted by atomic mass is 16.3. The van der Waals surface area contributed by atoms with Crippen LogP contribution < -0.4 is 0 Å². The maximum atomic E-state index is 12.0. The number of nitrogens with zero attached hydrogens (tertiary/aromatic N) is 2. The standard InChI is InChI=1S/C11H12N2O2/c1-3-13-10(6-8(2)12-13)11(14)9-4-5-15-7-9/h4-7H,3H2,1-2H3. The zero-order valence-corrected chi connectivity index (χ0v) is 8.73. The molecule has 2 rings (SSSR count). The lowest BCUT2D eigenvalue weighted by Crippen LogP contribution is -2.09. The Kier molecular flexibility index (Phi) is 2.41. The zero-order chi connectivity index (χ0) is 10.8. The summed E-state index contributed by atoms with van der Waals surface area (Å²) < 4.78 is 6.59. The van der Waals surface area contributed by atoms with Gasteiger partial charge in [-0.05, 0) is 26.0 Å². The van der Waals surface area contributed by atoms with Crippen LogP contribution in [0, 0.1) is 6.92 Å². The molecule has 0 saturated carbocycles. The molecule has 0 aliphatic heterocycles. The molecule has 0 aliphatic rings. The Labute approximate surface area is 87.5 Å². The van der Waals surface area contributed by atoms with Gasteiger partial charge in [0.05, 0.1) is 17.5 Å². The maximum absolute atomic E-state index is 12.0. The first-order valence-electron chi connectivity index (χ1n) is 4.83.